The number of hydrogen-bond donors (Lipinski definition) is 2. The molecule has 3 fully saturated rings. The molecule has 5 nitrogen and oxygen atoms in total. The lowest BCUT2D eigenvalue weighted by molar-refractivity contribution is -0.186. The Morgan fingerprint density at radius 3 is 2.59 bits per heavy atom. The van der Waals surface area contributed by atoms with Crippen molar-refractivity contribution >= 4 is 5.97 Å². The number of ether oxygens (including phenoxy) is 2. The van der Waals surface area contributed by atoms with Gasteiger partial charge in [-0.15, -0.1) is 0 Å². The summed E-state index contributed by atoms with van der Waals surface area (Å²) >= 11 is 0. The van der Waals surface area contributed by atoms with Crippen LogP contribution >= 0.6 is 0 Å². The van der Waals surface area contributed by atoms with Crippen LogP contribution in [0.15, 0.2) is 42.0 Å². The van der Waals surface area contributed by atoms with Crippen molar-refractivity contribution < 1.29 is 19.4 Å². The molecule has 1 saturated heterocycles. The van der Waals surface area contributed by atoms with Crippen LogP contribution in [0.4, 0.5) is 0 Å². The smallest absolute Gasteiger partial charge is 0.336 e. The van der Waals surface area contributed by atoms with Crippen molar-refractivity contribution in [3.8, 4) is 0 Å². The van der Waals surface area contributed by atoms with Gasteiger partial charge < -0.3 is 19.9 Å². The van der Waals surface area contributed by atoms with Crippen LogP contribution < -0.4 is 5.32 Å². The standard InChI is InChI=1S/C27H37NO4/c1-25-12-10-23(29)26(2,17-28-16-18-7-5-4-6-8-18)21(25)9-13-27(3)22(25)15-20(32-27)19-11-14-31-24(19)30/h4-8,11,20-23,28-29H,9-10,12-17H2,1-3H3/t20-,21-,22-,23+,25+,26-,27+/m0/s1. The third-order valence-corrected chi connectivity index (χ3v) is 9.41. The molecule has 2 aliphatic carbocycles. The molecule has 0 aromatic heterocycles. The minimum atomic E-state index is -0.307. The highest BCUT2D eigenvalue weighted by Crippen LogP contribution is 2.66. The van der Waals surface area contributed by atoms with Gasteiger partial charge in [0, 0.05) is 18.5 Å². The molecule has 2 saturated carbocycles. The Hall–Kier alpha value is -1.69. The van der Waals surface area contributed by atoms with Gasteiger partial charge in [-0.05, 0) is 67.9 Å². The van der Waals surface area contributed by atoms with Crippen LogP contribution in [0.2, 0.25) is 0 Å². The monoisotopic (exact) mass is 439 g/mol. The second kappa shape index (κ2) is 7.96. The Morgan fingerprint density at radius 1 is 1.09 bits per heavy atom. The maximum atomic E-state index is 12.2. The highest BCUT2D eigenvalue weighted by Gasteiger charge is 2.65. The third-order valence-electron chi connectivity index (χ3n) is 9.41. The number of hydrogen-bond acceptors (Lipinski definition) is 5. The molecular weight excluding hydrogens is 402 g/mol. The van der Waals surface area contributed by atoms with Gasteiger partial charge in [-0.25, -0.2) is 4.79 Å². The summed E-state index contributed by atoms with van der Waals surface area (Å²) in [6.07, 6.45) is 6.14. The van der Waals surface area contributed by atoms with E-state index in [-0.39, 0.29) is 34.6 Å². The van der Waals surface area contributed by atoms with E-state index in [1.165, 1.54) is 5.56 Å². The van der Waals surface area contributed by atoms with E-state index in [0.29, 0.717) is 24.0 Å². The lowest BCUT2D eigenvalue weighted by atomic mass is 9.44. The molecule has 4 aliphatic rings. The molecule has 2 heterocycles. The van der Waals surface area contributed by atoms with Gasteiger partial charge >= 0.3 is 5.97 Å². The molecule has 0 amide bonds. The van der Waals surface area contributed by atoms with E-state index in [1.807, 2.05) is 12.1 Å². The molecule has 7 atom stereocenters. The zero-order valence-electron chi connectivity index (χ0n) is 19.6. The van der Waals surface area contributed by atoms with Crippen molar-refractivity contribution in [3.63, 3.8) is 0 Å². The van der Waals surface area contributed by atoms with Crippen molar-refractivity contribution in [2.24, 2.45) is 22.7 Å². The van der Waals surface area contributed by atoms with E-state index < -0.39 is 0 Å². The molecule has 0 bridgehead atoms. The molecule has 32 heavy (non-hydrogen) atoms. The van der Waals surface area contributed by atoms with Gasteiger partial charge in [-0.1, -0.05) is 44.2 Å². The highest BCUT2D eigenvalue weighted by atomic mass is 16.5. The van der Waals surface area contributed by atoms with Gasteiger partial charge in [-0.2, -0.15) is 0 Å². The number of esters is 1. The number of aliphatic hydroxyl groups is 1. The predicted molar refractivity (Wildman–Crippen MR) is 123 cm³/mol. The summed E-state index contributed by atoms with van der Waals surface area (Å²) in [6.45, 7) is 8.94. The minimum Gasteiger partial charge on any atom is -0.458 e. The Kier molecular flexibility index (Phi) is 5.51. The summed E-state index contributed by atoms with van der Waals surface area (Å²) in [7, 11) is 0. The Labute approximate surface area is 191 Å². The van der Waals surface area contributed by atoms with Gasteiger partial charge in [0.25, 0.3) is 0 Å². The fourth-order valence-electron chi connectivity index (χ4n) is 7.70. The number of benzene rings is 1. The average molecular weight is 440 g/mol. The summed E-state index contributed by atoms with van der Waals surface area (Å²) < 4.78 is 11.8. The van der Waals surface area contributed by atoms with Gasteiger partial charge in [0.05, 0.1) is 23.4 Å². The van der Waals surface area contributed by atoms with E-state index in [4.69, 9.17) is 9.47 Å². The normalized spacial score (nSPS) is 43.4. The number of fused-ring (bicyclic) bond motifs is 3. The number of carbonyl (C=O) groups is 1. The number of cyclic esters (lactones) is 1. The largest absolute Gasteiger partial charge is 0.458 e. The SMILES string of the molecule is C[C@]1(CNCc2ccccc2)[C@H]2CC[C@@]3(C)O[C@H](C4=CCOC4=O)C[C@H]3[C@]2(C)CC[C@H]1O. The lowest BCUT2D eigenvalue weighted by Crippen LogP contribution is -2.62. The fourth-order valence-corrected chi connectivity index (χ4v) is 7.70. The van der Waals surface area contributed by atoms with Crippen molar-refractivity contribution in [1.82, 2.24) is 5.32 Å². The van der Waals surface area contributed by atoms with Crippen LogP contribution in [0.25, 0.3) is 0 Å². The van der Waals surface area contributed by atoms with Crippen LogP contribution in [0, 0.1) is 22.7 Å². The molecular formula is C27H37NO4. The van der Waals surface area contributed by atoms with E-state index >= 15 is 0 Å². The molecule has 0 radical (unpaired) electrons. The predicted octanol–water partition coefficient (Wildman–Crippen LogP) is 4.00. The zero-order chi connectivity index (χ0) is 22.6. The quantitative estimate of drug-likeness (QED) is 0.679. The number of nitrogens with one attached hydrogen (secondary N) is 1. The van der Waals surface area contributed by atoms with E-state index in [2.05, 4.69) is 50.4 Å². The minimum absolute atomic E-state index is 0.0766. The molecule has 2 N–H and O–H groups in total. The van der Waals surface area contributed by atoms with E-state index in [0.717, 1.165) is 45.2 Å². The van der Waals surface area contributed by atoms with Crippen LogP contribution in [0.3, 0.4) is 0 Å². The van der Waals surface area contributed by atoms with Crippen LogP contribution in [0.1, 0.15) is 58.4 Å². The summed E-state index contributed by atoms with van der Waals surface area (Å²) in [6, 6.07) is 10.5. The second-order valence-electron chi connectivity index (χ2n) is 11.2. The van der Waals surface area contributed by atoms with Gasteiger partial charge in [0.2, 0.25) is 0 Å². The van der Waals surface area contributed by atoms with Crippen molar-refractivity contribution in [3.05, 3.63) is 47.5 Å². The summed E-state index contributed by atoms with van der Waals surface area (Å²) in [5, 5.41) is 14.9. The van der Waals surface area contributed by atoms with Crippen LogP contribution in [0.5, 0.6) is 0 Å². The zero-order valence-corrected chi connectivity index (χ0v) is 19.6. The molecule has 1 aromatic carbocycles. The Balaban J connectivity index is 1.36. The molecule has 1 aromatic rings. The molecule has 174 valence electrons. The Morgan fingerprint density at radius 2 is 1.88 bits per heavy atom. The van der Waals surface area contributed by atoms with Crippen molar-refractivity contribution in [2.45, 2.75) is 77.2 Å². The fraction of sp³-hybridized carbons (Fsp3) is 0.667. The van der Waals surface area contributed by atoms with Crippen LogP contribution in [-0.2, 0) is 20.8 Å². The molecule has 0 unspecified atom stereocenters. The number of carbonyl (C=O) groups excluding carboxylic acids is 1. The lowest BCUT2D eigenvalue weighted by Gasteiger charge is -2.62. The summed E-state index contributed by atoms with van der Waals surface area (Å²) in [5.74, 6) is 0.564. The van der Waals surface area contributed by atoms with Gasteiger partial charge in [-0.3, -0.25) is 0 Å². The second-order valence-corrected chi connectivity index (χ2v) is 11.2. The average Bonchev–Trinajstić information content (AvgIpc) is 3.35. The maximum absolute atomic E-state index is 12.2. The van der Waals surface area contributed by atoms with Crippen molar-refractivity contribution in [2.75, 3.05) is 13.2 Å². The summed E-state index contributed by atoms with van der Waals surface area (Å²) in [5.41, 5.74) is 1.65. The highest BCUT2D eigenvalue weighted by molar-refractivity contribution is 5.91. The molecule has 0 spiro atoms. The summed E-state index contributed by atoms with van der Waals surface area (Å²) in [4.78, 5) is 12.2. The first kappa shape index (κ1) is 22.1. The molecule has 5 heteroatoms. The molecule has 2 aliphatic heterocycles. The number of aliphatic hydroxyl groups excluding tert-OH is 1. The van der Waals surface area contributed by atoms with E-state index in [9.17, 15) is 9.90 Å². The van der Waals surface area contributed by atoms with E-state index in [1.54, 1.807) is 0 Å². The molecule has 5 rings (SSSR count). The van der Waals surface area contributed by atoms with Crippen LogP contribution in [-0.4, -0.2) is 42.0 Å². The first-order valence-corrected chi connectivity index (χ1v) is 12.2. The van der Waals surface area contributed by atoms with Gasteiger partial charge in [0.1, 0.15) is 6.61 Å². The first-order chi connectivity index (χ1) is 15.3. The van der Waals surface area contributed by atoms with Gasteiger partial charge in [0.15, 0.2) is 0 Å². The maximum Gasteiger partial charge on any atom is 0.336 e. The Bertz CT molecular complexity index is 900. The number of rotatable bonds is 5. The van der Waals surface area contributed by atoms with Crippen molar-refractivity contribution in [1.29, 1.82) is 0 Å². The topological polar surface area (TPSA) is 67.8 Å². The third kappa shape index (κ3) is 3.44. The first-order valence-electron chi connectivity index (χ1n) is 12.2.